The van der Waals surface area contributed by atoms with Crippen molar-refractivity contribution in [1.82, 2.24) is 0 Å². The van der Waals surface area contributed by atoms with E-state index in [9.17, 15) is 14.5 Å². The number of hydrogen-bond donors (Lipinski definition) is 1. The third-order valence-electron chi connectivity index (χ3n) is 4.54. The van der Waals surface area contributed by atoms with Gasteiger partial charge >= 0.3 is 0 Å². The van der Waals surface area contributed by atoms with Crippen LogP contribution in [0.25, 0.3) is 0 Å². The lowest BCUT2D eigenvalue weighted by Crippen LogP contribution is -2.28. The highest BCUT2D eigenvalue weighted by Crippen LogP contribution is 2.44. The van der Waals surface area contributed by atoms with E-state index in [0.717, 1.165) is 25.2 Å². The first-order valence-corrected chi connectivity index (χ1v) is 7.34. The maximum absolute atomic E-state index is 13.9. The Labute approximate surface area is 117 Å². The van der Waals surface area contributed by atoms with E-state index in [4.69, 9.17) is 0 Å². The number of halogens is 1. The van der Waals surface area contributed by atoms with E-state index >= 15 is 0 Å². The molecule has 0 radical (unpaired) electrons. The predicted octanol–water partition coefficient (Wildman–Crippen LogP) is 4.11. The van der Waals surface area contributed by atoms with Gasteiger partial charge in [-0.05, 0) is 43.6 Å². The first kappa shape index (κ1) is 13.3. The van der Waals surface area contributed by atoms with Gasteiger partial charge in [0.05, 0.1) is 4.92 Å². The molecule has 0 spiro atoms. The molecule has 0 aromatic heterocycles. The summed E-state index contributed by atoms with van der Waals surface area (Å²) in [5.41, 5.74) is -0.113. The second-order valence-corrected chi connectivity index (χ2v) is 6.00. The molecule has 2 unspecified atom stereocenters. The molecule has 3 rings (SSSR count). The molecule has 2 aliphatic carbocycles. The van der Waals surface area contributed by atoms with Crippen molar-refractivity contribution in [1.29, 1.82) is 0 Å². The zero-order chi connectivity index (χ0) is 14.1. The summed E-state index contributed by atoms with van der Waals surface area (Å²) >= 11 is 0. The number of rotatable bonds is 4. The molecule has 2 atom stereocenters. The van der Waals surface area contributed by atoms with Gasteiger partial charge in [0.1, 0.15) is 5.69 Å². The van der Waals surface area contributed by atoms with Crippen molar-refractivity contribution in [2.45, 2.75) is 44.6 Å². The van der Waals surface area contributed by atoms with E-state index in [1.54, 1.807) is 0 Å². The second-order valence-electron chi connectivity index (χ2n) is 6.00. The molecule has 2 aliphatic rings. The van der Waals surface area contributed by atoms with Crippen molar-refractivity contribution in [3.8, 4) is 0 Å². The largest absolute Gasteiger partial charge is 0.374 e. The van der Waals surface area contributed by atoms with Crippen LogP contribution < -0.4 is 5.32 Å². The van der Waals surface area contributed by atoms with Gasteiger partial charge in [-0.15, -0.1) is 0 Å². The summed E-state index contributed by atoms with van der Waals surface area (Å²) in [6.07, 6.45) is 6.99. The number of nitrogens with one attached hydrogen (secondary N) is 1. The number of hydrogen-bond acceptors (Lipinski definition) is 3. The van der Waals surface area contributed by atoms with Crippen molar-refractivity contribution >= 4 is 11.4 Å². The summed E-state index contributed by atoms with van der Waals surface area (Å²) in [4.78, 5) is 10.5. The molecule has 2 fully saturated rings. The van der Waals surface area contributed by atoms with Crippen LogP contribution in [0.3, 0.4) is 0 Å². The molecule has 108 valence electrons. The molecule has 4 nitrogen and oxygen atoms in total. The molecule has 0 bridgehead atoms. The molecular weight excluding hydrogens is 259 g/mol. The Kier molecular flexibility index (Phi) is 3.59. The minimum Gasteiger partial charge on any atom is -0.374 e. The Morgan fingerprint density at radius 3 is 2.70 bits per heavy atom. The monoisotopic (exact) mass is 278 g/mol. The van der Waals surface area contributed by atoms with E-state index in [0.29, 0.717) is 5.92 Å². The van der Waals surface area contributed by atoms with Crippen LogP contribution in [0.1, 0.15) is 38.5 Å². The van der Waals surface area contributed by atoms with Crippen molar-refractivity contribution in [2.75, 3.05) is 5.32 Å². The van der Waals surface area contributed by atoms with E-state index < -0.39 is 10.7 Å². The first-order chi connectivity index (χ1) is 9.65. The maximum atomic E-state index is 13.9. The summed E-state index contributed by atoms with van der Waals surface area (Å²) in [6.45, 7) is 0. The SMILES string of the molecule is O=[N+]([O-])c1cccc(F)c1NC1CCCC(C2CC2)C1. The van der Waals surface area contributed by atoms with Crippen molar-refractivity contribution < 1.29 is 9.31 Å². The Morgan fingerprint density at radius 1 is 1.20 bits per heavy atom. The fourth-order valence-corrected chi connectivity index (χ4v) is 3.37. The van der Waals surface area contributed by atoms with Gasteiger partial charge in [0.25, 0.3) is 5.69 Å². The molecule has 0 aliphatic heterocycles. The molecule has 0 heterocycles. The molecule has 20 heavy (non-hydrogen) atoms. The van der Waals surface area contributed by atoms with Gasteiger partial charge < -0.3 is 5.32 Å². The zero-order valence-electron chi connectivity index (χ0n) is 11.3. The summed E-state index contributed by atoms with van der Waals surface area (Å²) in [5, 5.41) is 14.1. The predicted molar refractivity (Wildman–Crippen MR) is 75.1 cm³/mol. The summed E-state index contributed by atoms with van der Waals surface area (Å²) < 4.78 is 13.9. The minimum absolute atomic E-state index is 0.0546. The summed E-state index contributed by atoms with van der Waals surface area (Å²) in [7, 11) is 0. The Morgan fingerprint density at radius 2 is 2.00 bits per heavy atom. The van der Waals surface area contributed by atoms with Gasteiger partial charge in [-0.3, -0.25) is 10.1 Å². The number of benzene rings is 1. The van der Waals surface area contributed by atoms with Gasteiger partial charge in [-0.2, -0.15) is 0 Å². The third-order valence-corrected chi connectivity index (χ3v) is 4.54. The Balaban J connectivity index is 1.75. The lowest BCUT2D eigenvalue weighted by atomic mass is 9.82. The number of nitro benzene ring substituents is 1. The van der Waals surface area contributed by atoms with Gasteiger partial charge in [-0.1, -0.05) is 18.9 Å². The van der Waals surface area contributed by atoms with E-state index in [2.05, 4.69) is 5.32 Å². The van der Waals surface area contributed by atoms with Crippen LogP contribution in [0.4, 0.5) is 15.8 Å². The average Bonchev–Trinajstić information content (AvgIpc) is 3.25. The highest BCUT2D eigenvalue weighted by Gasteiger charge is 2.35. The highest BCUT2D eigenvalue weighted by atomic mass is 19.1. The highest BCUT2D eigenvalue weighted by molar-refractivity contribution is 5.62. The Bertz CT molecular complexity index is 517. The van der Waals surface area contributed by atoms with Crippen LogP contribution in [-0.2, 0) is 0 Å². The molecule has 0 saturated heterocycles. The van der Waals surface area contributed by atoms with E-state index in [1.165, 1.54) is 37.5 Å². The molecule has 1 N–H and O–H groups in total. The number of anilines is 1. The molecule has 5 heteroatoms. The molecule has 1 aromatic carbocycles. The zero-order valence-corrected chi connectivity index (χ0v) is 11.3. The normalized spacial score (nSPS) is 26.2. The number of nitrogens with zero attached hydrogens (tertiary/aromatic N) is 1. The van der Waals surface area contributed by atoms with Gasteiger partial charge in [-0.25, -0.2) is 4.39 Å². The van der Waals surface area contributed by atoms with Crippen LogP contribution >= 0.6 is 0 Å². The minimum atomic E-state index is -0.534. The molecule has 1 aromatic rings. The fraction of sp³-hybridized carbons (Fsp3) is 0.600. The second kappa shape index (κ2) is 5.38. The lowest BCUT2D eigenvalue weighted by Gasteiger charge is -2.30. The maximum Gasteiger partial charge on any atom is 0.295 e. The van der Waals surface area contributed by atoms with Crippen molar-refractivity contribution in [2.24, 2.45) is 11.8 Å². The number of para-hydroxylation sites is 1. The molecule has 2 saturated carbocycles. The average molecular weight is 278 g/mol. The number of nitro groups is 1. The van der Waals surface area contributed by atoms with Crippen LogP contribution in [0.2, 0.25) is 0 Å². The van der Waals surface area contributed by atoms with Gasteiger partial charge in [0.15, 0.2) is 5.82 Å². The summed E-state index contributed by atoms with van der Waals surface area (Å²) in [5.74, 6) is 1.02. The standard InChI is InChI=1S/C15H19FN2O2/c16-13-5-2-6-14(18(19)20)15(13)17-12-4-1-3-11(9-12)10-7-8-10/h2,5-6,10-12,17H,1,3-4,7-9H2. The molecular formula is C15H19FN2O2. The van der Waals surface area contributed by atoms with Crippen LogP contribution in [0, 0.1) is 27.8 Å². The quantitative estimate of drug-likeness (QED) is 0.666. The fourth-order valence-electron chi connectivity index (χ4n) is 3.37. The first-order valence-electron chi connectivity index (χ1n) is 7.34. The molecule has 0 amide bonds. The van der Waals surface area contributed by atoms with Crippen LogP contribution in [0.5, 0.6) is 0 Å². The van der Waals surface area contributed by atoms with Crippen molar-refractivity contribution in [3.63, 3.8) is 0 Å². The van der Waals surface area contributed by atoms with Crippen LogP contribution in [0.15, 0.2) is 18.2 Å². The summed E-state index contributed by atoms with van der Waals surface area (Å²) in [6, 6.07) is 4.17. The van der Waals surface area contributed by atoms with E-state index in [1.807, 2.05) is 0 Å². The topological polar surface area (TPSA) is 55.2 Å². The van der Waals surface area contributed by atoms with Crippen LogP contribution in [-0.4, -0.2) is 11.0 Å². The Hall–Kier alpha value is -1.65. The third kappa shape index (κ3) is 2.76. The van der Waals surface area contributed by atoms with Gasteiger partial charge in [0, 0.05) is 12.1 Å². The van der Waals surface area contributed by atoms with Crippen molar-refractivity contribution in [3.05, 3.63) is 34.1 Å². The smallest absolute Gasteiger partial charge is 0.295 e. The van der Waals surface area contributed by atoms with Gasteiger partial charge in [0.2, 0.25) is 0 Å². The van der Waals surface area contributed by atoms with E-state index in [-0.39, 0.29) is 17.4 Å². The lowest BCUT2D eigenvalue weighted by molar-refractivity contribution is -0.384.